The summed E-state index contributed by atoms with van der Waals surface area (Å²) in [7, 11) is 2.16. The van der Waals surface area contributed by atoms with Crippen LogP contribution in [0.25, 0.3) is 0 Å². The molecule has 1 fully saturated rings. The van der Waals surface area contributed by atoms with E-state index >= 15 is 0 Å². The molecule has 104 valence electrons. The maximum absolute atomic E-state index is 11.2. The smallest absolute Gasteiger partial charge is 0.214 e. The van der Waals surface area contributed by atoms with Crippen molar-refractivity contribution < 1.29 is 4.79 Å². The summed E-state index contributed by atoms with van der Waals surface area (Å²) in [4.78, 5) is 19.6. The van der Waals surface area contributed by atoms with Crippen LogP contribution < -0.4 is 4.90 Å². The fraction of sp³-hybridized carbons (Fsp3) is 0.600. The molecule has 0 aromatic carbocycles. The van der Waals surface area contributed by atoms with Crippen LogP contribution in [0.3, 0.4) is 0 Å². The summed E-state index contributed by atoms with van der Waals surface area (Å²) in [5, 5.41) is 0. The van der Waals surface area contributed by atoms with Crippen LogP contribution in [0.1, 0.15) is 32.3 Å². The van der Waals surface area contributed by atoms with E-state index in [9.17, 15) is 4.79 Å². The number of anilines is 1. The summed E-state index contributed by atoms with van der Waals surface area (Å²) in [6, 6.07) is 1.96. The molecule has 0 atom stereocenters. The van der Waals surface area contributed by atoms with Crippen LogP contribution in [0.5, 0.6) is 0 Å². The molecule has 19 heavy (non-hydrogen) atoms. The first-order valence-corrected chi connectivity index (χ1v) is 7.10. The molecule has 0 bridgehead atoms. The predicted octanol–water partition coefficient (Wildman–Crippen LogP) is 2.05. The Hall–Kier alpha value is -1.42. The van der Waals surface area contributed by atoms with Gasteiger partial charge in [-0.25, -0.2) is 0 Å². The van der Waals surface area contributed by atoms with Crippen molar-refractivity contribution in [3.8, 4) is 0 Å². The molecule has 4 heteroatoms. The lowest BCUT2D eigenvalue weighted by molar-refractivity contribution is -0.107. The molecule has 0 aliphatic carbocycles. The molecule has 0 radical (unpaired) electrons. The minimum absolute atomic E-state index is 0.150. The Balaban J connectivity index is 0.000000637. The first-order chi connectivity index (χ1) is 9.25. The number of likely N-dealkylation sites (tertiary alicyclic amines) is 1. The van der Waals surface area contributed by atoms with Crippen molar-refractivity contribution in [3.05, 3.63) is 24.0 Å². The number of carbonyl (C=O) groups is 1. The van der Waals surface area contributed by atoms with Crippen LogP contribution in [-0.2, 0) is 10.2 Å². The van der Waals surface area contributed by atoms with Crippen LogP contribution >= 0.6 is 0 Å². The number of hydrogen-bond acceptors (Lipinski definition) is 3. The molecule has 1 aromatic rings. The van der Waals surface area contributed by atoms with Gasteiger partial charge in [-0.3, -0.25) is 9.78 Å². The number of fused-ring (bicyclic) bond motifs is 2. The minimum Gasteiger partial charge on any atom is -0.314 e. The predicted molar refractivity (Wildman–Crippen MR) is 77.4 cm³/mol. The second kappa shape index (κ2) is 5.70. The Morgan fingerprint density at radius 3 is 2.63 bits per heavy atom. The SMILES string of the molecule is CC.CN1CCC2(CC1)CN(C=O)c1ccncc12. The van der Waals surface area contributed by atoms with Gasteiger partial charge in [-0.2, -0.15) is 0 Å². The summed E-state index contributed by atoms with van der Waals surface area (Å²) in [5.74, 6) is 0. The third-order valence-corrected chi connectivity index (χ3v) is 4.22. The van der Waals surface area contributed by atoms with E-state index in [4.69, 9.17) is 0 Å². The second-order valence-corrected chi connectivity index (χ2v) is 5.21. The van der Waals surface area contributed by atoms with E-state index in [1.807, 2.05) is 31.0 Å². The molecule has 2 aliphatic heterocycles. The summed E-state index contributed by atoms with van der Waals surface area (Å²) in [6.07, 6.45) is 6.90. The number of carbonyl (C=O) groups excluding carboxylic acids is 1. The highest BCUT2D eigenvalue weighted by Gasteiger charge is 2.44. The van der Waals surface area contributed by atoms with Gasteiger partial charge in [0.15, 0.2) is 0 Å². The van der Waals surface area contributed by atoms with Gasteiger partial charge in [0.2, 0.25) is 6.41 Å². The number of hydrogen-bond donors (Lipinski definition) is 0. The Morgan fingerprint density at radius 1 is 1.32 bits per heavy atom. The molecule has 1 aromatic heterocycles. The Labute approximate surface area is 115 Å². The van der Waals surface area contributed by atoms with Crippen LogP contribution in [0.15, 0.2) is 18.5 Å². The zero-order valence-electron chi connectivity index (χ0n) is 12.1. The summed E-state index contributed by atoms with van der Waals surface area (Å²) in [5.41, 5.74) is 2.47. The van der Waals surface area contributed by atoms with Gasteiger partial charge in [0.1, 0.15) is 0 Å². The third kappa shape index (κ3) is 2.37. The van der Waals surface area contributed by atoms with E-state index in [-0.39, 0.29) is 5.41 Å². The normalized spacial score (nSPS) is 20.7. The zero-order valence-corrected chi connectivity index (χ0v) is 12.1. The van der Waals surface area contributed by atoms with E-state index in [1.165, 1.54) is 5.56 Å². The van der Waals surface area contributed by atoms with E-state index in [0.717, 1.165) is 44.6 Å². The van der Waals surface area contributed by atoms with E-state index < -0.39 is 0 Å². The van der Waals surface area contributed by atoms with Gasteiger partial charge in [-0.05, 0) is 39.0 Å². The monoisotopic (exact) mass is 261 g/mol. The molecular weight excluding hydrogens is 238 g/mol. The van der Waals surface area contributed by atoms with Crippen molar-refractivity contribution in [3.63, 3.8) is 0 Å². The van der Waals surface area contributed by atoms with Crippen LogP contribution in [-0.4, -0.2) is 43.0 Å². The molecule has 1 amide bonds. The number of aromatic nitrogens is 1. The van der Waals surface area contributed by atoms with Gasteiger partial charge in [-0.1, -0.05) is 13.8 Å². The largest absolute Gasteiger partial charge is 0.314 e. The van der Waals surface area contributed by atoms with Gasteiger partial charge in [0, 0.05) is 29.9 Å². The summed E-state index contributed by atoms with van der Waals surface area (Å²) in [6.45, 7) is 7.02. The highest BCUT2D eigenvalue weighted by molar-refractivity contribution is 5.81. The molecule has 0 N–H and O–H groups in total. The Bertz CT molecular complexity index is 439. The average Bonchev–Trinajstić information content (AvgIpc) is 2.79. The minimum atomic E-state index is 0.150. The number of amides is 1. The number of nitrogens with zero attached hydrogens (tertiary/aromatic N) is 3. The van der Waals surface area contributed by atoms with Gasteiger partial charge in [0.05, 0.1) is 5.69 Å². The van der Waals surface area contributed by atoms with Gasteiger partial charge in [0.25, 0.3) is 0 Å². The Morgan fingerprint density at radius 2 is 2.00 bits per heavy atom. The molecule has 3 heterocycles. The van der Waals surface area contributed by atoms with Crippen LogP contribution in [0.2, 0.25) is 0 Å². The fourth-order valence-electron chi connectivity index (χ4n) is 3.11. The molecule has 3 rings (SSSR count). The lowest BCUT2D eigenvalue weighted by Gasteiger charge is -2.37. The molecule has 1 saturated heterocycles. The maximum Gasteiger partial charge on any atom is 0.214 e. The van der Waals surface area contributed by atoms with E-state index in [1.54, 1.807) is 6.20 Å². The zero-order chi connectivity index (χ0) is 13.9. The van der Waals surface area contributed by atoms with Crippen molar-refractivity contribution in [1.29, 1.82) is 0 Å². The average molecular weight is 261 g/mol. The Kier molecular flexibility index (Phi) is 4.20. The van der Waals surface area contributed by atoms with Crippen molar-refractivity contribution in [2.24, 2.45) is 0 Å². The highest BCUT2D eigenvalue weighted by atomic mass is 16.1. The fourth-order valence-corrected chi connectivity index (χ4v) is 3.11. The molecule has 0 saturated carbocycles. The van der Waals surface area contributed by atoms with Crippen LogP contribution in [0.4, 0.5) is 5.69 Å². The molecule has 0 unspecified atom stereocenters. The number of piperidine rings is 1. The molecule has 2 aliphatic rings. The topological polar surface area (TPSA) is 36.4 Å². The second-order valence-electron chi connectivity index (χ2n) is 5.21. The molecular formula is C15H23N3O. The summed E-state index contributed by atoms with van der Waals surface area (Å²) >= 11 is 0. The van der Waals surface area contributed by atoms with Crippen molar-refractivity contribution in [2.45, 2.75) is 32.1 Å². The standard InChI is InChI=1S/C13H17N3O.C2H6/c1-15-6-3-13(4-7-15)9-16(10-17)12-2-5-14-8-11(12)13;1-2/h2,5,8,10H,3-4,6-7,9H2,1H3;1-2H3. The third-order valence-electron chi connectivity index (χ3n) is 4.22. The molecule has 1 spiro atoms. The number of pyridine rings is 1. The van der Waals surface area contributed by atoms with Crippen molar-refractivity contribution in [2.75, 3.05) is 31.6 Å². The van der Waals surface area contributed by atoms with Crippen LogP contribution in [0, 0.1) is 0 Å². The first kappa shape index (κ1) is 14.0. The lowest BCUT2D eigenvalue weighted by atomic mass is 9.75. The number of rotatable bonds is 1. The lowest BCUT2D eigenvalue weighted by Crippen LogP contribution is -2.43. The van der Waals surface area contributed by atoms with Crippen molar-refractivity contribution in [1.82, 2.24) is 9.88 Å². The van der Waals surface area contributed by atoms with Gasteiger partial charge < -0.3 is 9.80 Å². The van der Waals surface area contributed by atoms with E-state index in [2.05, 4.69) is 16.9 Å². The molecule has 4 nitrogen and oxygen atoms in total. The summed E-state index contributed by atoms with van der Waals surface area (Å²) < 4.78 is 0. The van der Waals surface area contributed by atoms with Crippen molar-refractivity contribution >= 4 is 12.1 Å². The quantitative estimate of drug-likeness (QED) is 0.726. The van der Waals surface area contributed by atoms with E-state index in [0.29, 0.717) is 0 Å². The highest BCUT2D eigenvalue weighted by Crippen LogP contribution is 2.45. The van der Waals surface area contributed by atoms with Gasteiger partial charge in [-0.15, -0.1) is 0 Å². The first-order valence-electron chi connectivity index (χ1n) is 7.10. The maximum atomic E-state index is 11.2. The van der Waals surface area contributed by atoms with Gasteiger partial charge >= 0.3 is 0 Å².